The summed E-state index contributed by atoms with van der Waals surface area (Å²) in [5.41, 5.74) is 1.86. The Labute approximate surface area is 146 Å². The van der Waals surface area contributed by atoms with Crippen molar-refractivity contribution in [3.8, 4) is 17.6 Å². The molecule has 0 saturated heterocycles. The van der Waals surface area contributed by atoms with Crippen molar-refractivity contribution < 1.29 is 24.2 Å². The Kier molecular flexibility index (Phi) is 5.98. The predicted octanol–water partition coefficient (Wildman–Crippen LogP) is 3.41. The summed E-state index contributed by atoms with van der Waals surface area (Å²) in [6.07, 6.45) is 0.179. The molecule has 9 heteroatoms. The van der Waals surface area contributed by atoms with Crippen LogP contribution in [0, 0.1) is 11.3 Å². The highest BCUT2D eigenvalue weighted by atomic mass is 35.5. The van der Waals surface area contributed by atoms with Crippen LogP contribution in [-0.2, 0) is 14.7 Å². The Morgan fingerprint density at radius 1 is 1.21 bits per heavy atom. The minimum Gasteiger partial charge on any atom is -0.456 e. The van der Waals surface area contributed by atoms with E-state index < -0.39 is 5.97 Å². The molecule has 7 nitrogen and oxygen atoms in total. The minimum absolute atomic E-state index is 0.0608. The largest absolute Gasteiger partial charge is 0.456 e. The summed E-state index contributed by atoms with van der Waals surface area (Å²) in [7, 11) is 0. The van der Waals surface area contributed by atoms with Gasteiger partial charge in [-0.05, 0) is 36.4 Å². The number of hydroxylamine groups is 1. The molecule has 2 aromatic carbocycles. The topological polar surface area (TPSA) is 97.7 Å². The number of rotatable bonds is 6. The van der Waals surface area contributed by atoms with Crippen LogP contribution in [0.5, 0.6) is 11.5 Å². The molecule has 0 aliphatic heterocycles. The Morgan fingerprint density at radius 2 is 2.00 bits per heavy atom. The number of benzene rings is 2. The van der Waals surface area contributed by atoms with Crippen molar-refractivity contribution in [3.63, 3.8) is 0 Å². The lowest BCUT2D eigenvalue weighted by Crippen LogP contribution is -2.16. The maximum absolute atomic E-state index is 11.8. The Hall–Kier alpha value is -2.79. The van der Waals surface area contributed by atoms with E-state index in [1.54, 1.807) is 11.5 Å². The molecule has 0 aliphatic carbocycles. The van der Waals surface area contributed by atoms with Crippen molar-refractivity contribution in [2.75, 3.05) is 0 Å². The first kappa shape index (κ1) is 17.6. The standard InChI is InChI=1S/C15H8Cl2N2O5/c16-10-1-4-14(9(5-10)7-18)22-11-2-3-13(17)12(6-11)15(21)23-24-19-8-20/h1-6,8H,(H,19,20). The molecule has 0 saturated carbocycles. The zero-order valence-electron chi connectivity index (χ0n) is 11.8. The molecule has 122 valence electrons. The third kappa shape index (κ3) is 4.36. The van der Waals surface area contributed by atoms with E-state index in [4.69, 9.17) is 33.2 Å². The van der Waals surface area contributed by atoms with E-state index in [1.165, 1.54) is 30.3 Å². The number of nitriles is 1. The lowest BCUT2D eigenvalue weighted by atomic mass is 10.2. The molecule has 0 atom stereocenters. The average molecular weight is 367 g/mol. The van der Waals surface area contributed by atoms with E-state index in [1.807, 2.05) is 6.07 Å². The molecule has 0 aromatic heterocycles. The van der Waals surface area contributed by atoms with Gasteiger partial charge < -0.3 is 4.74 Å². The van der Waals surface area contributed by atoms with Gasteiger partial charge in [-0.2, -0.15) is 10.7 Å². The molecule has 24 heavy (non-hydrogen) atoms. The fraction of sp³-hybridized carbons (Fsp3) is 0. The lowest BCUT2D eigenvalue weighted by Gasteiger charge is -2.10. The molecule has 2 rings (SSSR count). The van der Waals surface area contributed by atoms with Crippen LogP contribution in [0.2, 0.25) is 10.0 Å². The second-order valence-electron chi connectivity index (χ2n) is 4.19. The molecule has 0 spiro atoms. The van der Waals surface area contributed by atoms with Crippen LogP contribution in [0.15, 0.2) is 36.4 Å². The van der Waals surface area contributed by atoms with Crippen LogP contribution in [0.4, 0.5) is 0 Å². The molecule has 0 fully saturated rings. The average Bonchev–Trinajstić information content (AvgIpc) is 2.58. The molecular formula is C15H8Cl2N2O5. The summed E-state index contributed by atoms with van der Waals surface area (Å²) in [6, 6.07) is 10.7. The first-order chi connectivity index (χ1) is 11.5. The maximum Gasteiger partial charge on any atom is 0.377 e. The fourth-order valence-corrected chi connectivity index (χ4v) is 2.02. The van der Waals surface area contributed by atoms with Gasteiger partial charge in [0.05, 0.1) is 16.1 Å². The van der Waals surface area contributed by atoms with E-state index in [9.17, 15) is 9.59 Å². The summed E-state index contributed by atoms with van der Waals surface area (Å²) in [5, 5.41) is 9.56. The Balaban J connectivity index is 2.24. The van der Waals surface area contributed by atoms with Crippen molar-refractivity contribution in [2.45, 2.75) is 0 Å². The van der Waals surface area contributed by atoms with Gasteiger partial charge in [0.25, 0.3) is 0 Å². The molecule has 0 radical (unpaired) electrons. The number of carbonyl (C=O) groups excluding carboxylic acids is 2. The van der Waals surface area contributed by atoms with E-state index in [2.05, 4.69) is 9.88 Å². The van der Waals surface area contributed by atoms with Crippen molar-refractivity contribution >= 4 is 35.6 Å². The fourth-order valence-electron chi connectivity index (χ4n) is 1.66. The zero-order valence-corrected chi connectivity index (χ0v) is 13.3. The van der Waals surface area contributed by atoms with E-state index in [-0.39, 0.29) is 34.1 Å². The van der Waals surface area contributed by atoms with Gasteiger partial charge in [-0.1, -0.05) is 28.2 Å². The number of halogens is 2. The Bertz CT molecular complexity index is 820. The van der Waals surface area contributed by atoms with Gasteiger partial charge in [0.1, 0.15) is 17.6 Å². The van der Waals surface area contributed by atoms with Crippen molar-refractivity contribution in [1.29, 1.82) is 5.26 Å². The van der Waals surface area contributed by atoms with Crippen LogP contribution < -0.4 is 10.2 Å². The van der Waals surface area contributed by atoms with Crippen LogP contribution in [0.1, 0.15) is 15.9 Å². The van der Waals surface area contributed by atoms with E-state index in [0.717, 1.165) is 0 Å². The molecule has 0 unspecified atom stereocenters. The normalized spacial score (nSPS) is 9.71. The van der Waals surface area contributed by atoms with Gasteiger partial charge in [0.15, 0.2) is 0 Å². The third-order valence-corrected chi connectivity index (χ3v) is 3.23. The first-order valence-electron chi connectivity index (χ1n) is 6.29. The Morgan fingerprint density at radius 3 is 2.71 bits per heavy atom. The molecule has 1 N–H and O–H groups in total. The third-order valence-electron chi connectivity index (χ3n) is 2.66. The molecule has 0 aliphatic rings. The predicted molar refractivity (Wildman–Crippen MR) is 83.4 cm³/mol. The van der Waals surface area contributed by atoms with E-state index in [0.29, 0.717) is 5.02 Å². The van der Waals surface area contributed by atoms with Crippen LogP contribution in [0.25, 0.3) is 0 Å². The molecule has 1 amide bonds. The summed E-state index contributed by atoms with van der Waals surface area (Å²) in [4.78, 5) is 30.3. The second kappa shape index (κ2) is 8.17. The summed E-state index contributed by atoms with van der Waals surface area (Å²) in [6.45, 7) is 0. The van der Waals surface area contributed by atoms with Crippen molar-refractivity contribution in [3.05, 3.63) is 57.6 Å². The number of nitrogens with zero attached hydrogens (tertiary/aromatic N) is 1. The summed E-state index contributed by atoms with van der Waals surface area (Å²) < 4.78 is 5.57. The quantitative estimate of drug-likeness (QED) is 0.364. The van der Waals surface area contributed by atoms with Gasteiger partial charge in [0.2, 0.25) is 6.41 Å². The lowest BCUT2D eigenvalue weighted by molar-refractivity contribution is -0.276. The highest BCUT2D eigenvalue weighted by Gasteiger charge is 2.16. The number of nitrogens with one attached hydrogen (secondary N) is 1. The van der Waals surface area contributed by atoms with Crippen LogP contribution in [0.3, 0.4) is 0 Å². The second-order valence-corrected chi connectivity index (χ2v) is 5.03. The number of carbonyl (C=O) groups is 2. The first-order valence-corrected chi connectivity index (χ1v) is 7.05. The van der Waals surface area contributed by atoms with Gasteiger partial charge in [-0.3, -0.25) is 9.68 Å². The van der Waals surface area contributed by atoms with Crippen molar-refractivity contribution in [1.82, 2.24) is 5.48 Å². The van der Waals surface area contributed by atoms with Crippen molar-refractivity contribution in [2.24, 2.45) is 0 Å². The van der Waals surface area contributed by atoms with Crippen LogP contribution in [-0.4, -0.2) is 12.4 Å². The molecule has 0 bridgehead atoms. The highest BCUT2D eigenvalue weighted by molar-refractivity contribution is 6.33. The molecule has 0 heterocycles. The SMILES string of the molecule is N#Cc1cc(Cl)ccc1Oc1ccc(Cl)c(C(=O)OONC=O)c1. The maximum atomic E-state index is 11.8. The molecular weight excluding hydrogens is 359 g/mol. The minimum atomic E-state index is -0.948. The van der Waals surface area contributed by atoms with E-state index >= 15 is 0 Å². The smallest absolute Gasteiger partial charge is 0.377 e. The van der Waals surface area contributed by atoms with Gasteiger partial charge in [0, 0.05) is 5.02 Å². The summed E-state index contributed by atoms with van der Waals surface area (Å²) >= 11 is 11.7. The number of amides is 1. The summed E-state index contributed by atoms with van der Waals surface area (Å²) in [5.74, 6) is -0.465. The van der Waals surface area contributed by atoms with Gasteiger partial charge in [-0.25, -0.2) is 4.79 Å². The number of hydrogen-bond donors (Lipinski definition) is 1. The van der Waals surface area contributed by atoms with Gasteiger partial charge >= 0.3 is 5.97 Å². The number of hydrogen-bond acceptors (Lipinski definition) is 6. The highest BCUT2D eigenvalue weighted by Crippen LogP contribution is 2.30. The molecule has 2 aromatic rings. The monoisotopic (exact) mass is 366 g/mol. The zero-order chi connectivity index (χ0) is 17.5. The number of ether oxygens (including phenoxy) is 1. The van der Waals surface area contributed by atoms with Gasteiger partial charge in [-0.15, -0.1) is 0 Å². The van der Waals surface area contributed by atoms with Crippen LogP contribution >= 0.6 is 23.2 Å².